The average molecular weight is 293 g/mol. The van der Waals surface area contributed by atoms with Crippen molar-refractivity contribution in [3.63, 3.8) is 0 Å². The van der Waals surface area contributed by atoms with Crippen molar-refractivity contribution in [2.75, 3.05) is 0 Å². The van der Waals surface area contributed by atoms with Crippen LogP contribution in [-0.2, 0) is 0 Å². The van der Waals surface area contributed by atoms with Crippen molar-refractivity contribution in [3.05, 3.63) is 45.8 Å². The summed E-state index contributed by atoms with van der Waals surface area (Å²) >= 11 is 12.1. The molecule has 2 heterocycles. The molecule has 0 radical (unpaired) electrons. The maximum Gasteiger partial charge on any atom is 0.171 e. The van der Waals surface area contributed by atoms with E-state index >= 15 is 0 Å². The first-order valence-electron chi connectivity index (χ1n) is 5.71. The molecule has 0 amide bonds. The summed E-state index contributed by atoms with van der Waals surface area (Å²) in [6, 6.07) is 7.19. The van der Waals surface area contributed by atoms with Crippen molar-refractivity contribution in [2.24, 2.45) is 0 Å². The van der Waals surface area contributed by atoms with Crippen LogP contribution in [0.1, 0.15) is 11.5 Å². The van der Waals surface area contributed by atoms with Gasteiger partial charge in [-0.2, -0.15) is 0 Å². The first-order valence-corrected chi connectivity index (χ1v) is 6.46. The van der Waals surface area contributed by atoms with E-state index in [9.17, 15) is 0 Å². The lowest BCUT2D eigenvalue weighted by atomic mass is 10.2. The third-order valence-electron chi connectivity index (χ3n) is 2.86. The Bertz CT molecular complexity index is 780. The SMILES string of the molecule is Cc1cc2nnc(-c3ccc(Cl)cc3Cl)n2c(C)n1. The van der Waals surface area contributed by atoms with Gasteiger partial charge in [-0.1, -0.05) is 23.2 Å². The van der Waals surface area contributed by atoms with Crippen LogP contribution < -0.4 is 0 Å². The first-order chi connectivity index (χ1) is 9.06. The number of benzene rings is 1. The van der Waals surface area contributed by atoms with Crippen molar-refractivity contribution in [2.45, 2.75) is 13.8 Å². The molecule has 0 saturated carbocycles. The van der Waals surface area contributed by atoms with E-state index in [-0.39, 0.29) is 0 Å². The zero-order chi connectivity index (χ0) is 13.6. The summed E-state index contributed by atoms with van der Waals surface area (Å²) in [4.78, 5) is 4.42. The van der Waals surface area contributed by atoms with Crippen LogP contribution in [-0.4, -0.2) is 19.6 Å². The summed E-state index contributed by atoms with van der Waals surface area (Å²) in [6.07, 6.45) is 0. The Morgan fingerprint density at radius 2 is 1.84 bits per heavy atom. The van der Waals surface area contributed by atoms with Gasteiger partial charge in [-0.3, -0.25) is 4.40 Å². The van der Waals surface area contributed by atoms with Crippen LogP contribution in [0.4, 0.5) is 0 Å². The van der Waals surface area contributed by atoms with Crippen molar-refractivity contribution in [1.29, 1.82) is 0 Å². The Balaban J connectivity index is 2.31. The van der Waals surface area contributed by atoms with Crippen LogP contribution in [0.15, 0.2) is 24.3 Å². The standard InChI is InChI=1S/C13H10Cl2N4/c1-7-5-12-17-18-13(19(12)8(2)16-7)10-4-3-9(14)6-11(10)15/h3-6H,1-2H3. The average Bonchev–Trinajstić information content (AvgIpc) is 2.72. The lowest BCUT2D eigenvalue weighted by Gasteiger charge is -2.06. The molecule has 0 aliphatic carbocycles. The first kappa shape index (κ1) is 12.4. The fourth-order valence-electron chi connectivity index (χ4n) is 2.08. The van der Waals surface area contributed by atoms with Gasteiger partial charge in [0.25, 0.3) is 0 Å². The molecule has 4 nitrogen and oxygen atoms in total. The highest BCUT2D eigenvalue weighted by molar-refractivity contribution is 6.36. The number of halogens is 2. The second-order valence-electron chi connectivity index (χ2n) is 4.29. The summed E-state index contributed by atoms with van der Waals surface area (Å²) in [5.41, 5.74) is 2.45. The minimum absolute atomic E-state index is 0.543. The summed E-state index contributed by atoms with van der Waals surface area (Å²) < 4.78 is 1.88. The van der Waals surface area contributed by atoms with E-state index < -0.39 is 0 Å². The largest absolute Gasteiger partial charge is 0.263 e. The molecule has 0 bridgehead atoms. The van der Waals surface area contributed by atoms with E-state index in [0.717, 1.165) is 22.7 Å². The zero-order valence-electron chi connectivity index (χ0n) is 10.4. The van der Waals surface area contributed by atoms with Gasteiger partial charge in [0, 0.05) is 22.3 Å². The smallest absolute Gasteiger partial charge is 0.171 e. The molecule has 3 aromatic rings. The van der Waals surface area contributed by atoms with Crippen molar-refractivity contribution in [3.8, 4) is 11.4 Å². The fourth-order valence-corrected chi connectivity index (χ4v) is 2.57. The lowest BCUT2D eigenvalue weighted by Crippen LogP contribution is -1.99. The fraction of sp³-hybridized carbons (Fsp3) is 0.154. The van der Waals surface area contributed by atoms with Crippen molar-refractivity contribution < 1.29 is 0 Å². The van der Waals surface area contributed by atoms with Crippen LogP contribution in [0, 0.1) is 13.8 Å². The highest BCUT2D eigenvalue weighted by Crippen LogP contribution is 2.29. The predicted molar refractivity (Wildman–Crippen MR) is 75.7 cm³/mol. The number of fused-ring (bicyclic) bond motifs is 1. The Kier molecular flexibility index (Phi) is 2.92. The maximum absolute atomic E-state index is 6.22. The molecule has 2 aromatic heterocycles. The molecule has 0 saturated heterocycles. The third-order valence-corrected chi connectivity index (χ3v) is 3.41. The van der Waals surface area contributed by atoms with Crippen LogP contribution in [0.2, 0.25) is 10.0 Å². The van der Waals surface area contributed by atoms with E-state index in [1.54, 1.807) is 12.1 Å². The lowest BCUT2D eigenvalue weighted by molar-refractivity contribution is 0.962. The summed E-state index contributed by atoms with van der Waals surface area (Å²) in [5.74, 6) is 1.49. The van der Waals surface area contributed by atoms with E-state index in [2.05, 4.69) is 15.2 Å². The van der Waals surface area contributed by atoms with E-state index in [4.69, 9.17) is 23.2 Å². The minimum Gasteiger partial charge on any atom is -0.263 e. The second-order valence-corrected chi connectivity index (χ2v) is 5.13. The van der Waals surface area contributed by atoms with Crippen molar-refractivity contribution in [1.82, 2.24) is 19.6 Å². The maximum atomic E-state index is 6.22. The second kappa shape index (κ2) is 4.47. The van der Waals surface area contributed by atoms with Crippen molar-refractivity contribution >= 4 is 28.8 Å². The molecule has 0 atom stereocenters. The molecule has 6 heteroatoms. The molecule has 0 N–H and O–H groups in total. The molecule has 0 fully saturated rings. The highest BCUT2D eigenvalue weighted by atomic mass is 35.5. The van der Waals surface area contributed by atoms with Crippen LogP contribution in [0.25, 0.3) is 17.0 Å². The van der Waals surface area contributed by atoms with Crippen LogP contribution >= 0.6 is 23.2 Å². The number of hydrogen-bond donors (Lipinski definition) is 0. The summed E-state index contributed by atoms with van der Waals surface area (Å²) in [5, 5.41) is 9.50. The monoisotopic (exact) mass is 292 g/mol. The molecular weight excluding hydrogens is 283 g/mol. The summed E-state index contributed by atoms with van der Waals surface area (Å²) in [7, 11) is 0. The molecule has 19 heavy (non-hydrogen) atoms. The Morgan fingerprint density at radius 3 is 2.58 bits per heavy atom. The van der Waals surface area contributed by atoms with E-state index in [0.29, 0.717) is 15.9 Å². The topological polar surface area (TPSA) is 43.1 Å². The van der Waals surface area contributed by atoms with Gasteiger partial charge in [0.1, 0.15) is 5.82 Å². The van der Waals surface area contributed by atoms with Gasteiger partial charge in [-0.25, -0.2) is 4.98 Å². The molecule has 0 spiro atoms. The summed E-state index contributed by atoms with van der Waals surface area (Å²) in [6.45, 7) is 3.84. The molecule has 0 aliphatic heterocycles. The van der Waals surface area contributed by atoms with Crippen LogP contribution in [0.3, 0.4) is 0 Å². The van der Waals surface area contributed by atoms with Gasteiger partial charge >= 0.3 is 0 Å². The quantitative estimate of drug-likeness (QED) is 0.687. The zero-order valence-corrected chi connectivity index (χ0v) is 11.9. The molecule has 1 aromatic carbocycles. The normalized spacial score (nSPS) is 11.2. The van der Waals surface area contributed by atoms with Gasteiger partial charge in [0.05, 0.1) is 5.02 Å². The number of aromatic nitrogens is 4. The number of aryl methyl sites for hydroxylation is 2. The molecule has 3 rings (SSSR count). The van der Waals surface area contributed by atoms with Crippen LogP contribution in [0.5, 0.6) is 0 Å². The minimum atomic E-state index is 0.543. The van der Waals surface area contributed by atoms with Gasteiger partial charge in [-0.15, -0.1) is 10.2 Å². The van der Waals surface area contributed by atoms with E-state index in [1.165, 1.54) is 0 Å². The number of nitrogens with zero attached hydrogens (tertiary/aromatic N) is 4. The number of hydrogen-bond acceptors (Lipinski definition) is 3. The Morgan fingerprint density at radius 1 is 1.05 bits per heavy atom. The molecular formula is C13H10Cl2N4. The molecule has 0 unspecified atom stereocenters. The van der Waals surface area contributed by atoms with Gasteiger partial charge < -0.3 is 0 Å². The predicted octanol–water partition coefficient (Wildman–Crippen LogP) is 3.71. The van der Waals surface area contributed by atoms with Gasteiger partial charge in [0.2, 0.25) is 0 Å². The Hall–Kier alpha value is -1.65. The molecule has 96 valence electrons. The third kappa shape index (κ3) is 2.07. The van der Waals surface area contributed by atoms with E-state index in [1.807, 2.05) is 30.4 Å². The highest BCUT2D eigenvalue weighted by Gasteiger charge is 2.14. The van der Waals surface area contributed by atoms with Gasteiger partial charge in [0.15, 0.2) is 11.5 Å². The van der Waals surface area contributed by atoms with Gasteiger partial charge in [-0.05, 0) is 32.0 Å². The Labute approximate surface area is 120 Å². The molecule has 0 aliphatic rings. The number of rotatable bonds is 1.